The number of aromatic nitrogens is 2. The van der Waals surface area contributed by atoms with Crippen LogP contribution in [-0.2, 0) is 22.4 Å². The summed E-state index contributed by atoms with van der Waals surface area (Å²) in [4.78, 5) is 4.11. The number of imidazole rings is 1. The van der Waals surface area contributed by atoms with Crippen molar-refractivity contribution in [2.45, 2.75) is 45.9 Å². The molecule has 0 spiro atoms. The van der Waals surface area contributed by atoms with Gasteiger partial charge in [-0.25, -0.2) is 4.98 Å². The second kappa shape index (κ2) is 6.46. The molecule has 0 amide bonds. The van der Waals surface area contributed by atoms with Crippen molar-refractivity contribution >= 4 is 0 Å². The number of ether oxygens (including phenoxy) is 2. The Morgan fingerprint density at radius 3 is 2.65 bits per heavy atom. The van der Waals surface area contributed by atoms with Crippen molar-refractivity contribution in [3.63, 3.8) is 0 Å². The average molecular weight is 314 g/mol. The molecule has 0 saturated carbocycles. The van der Waals surface area contributed by atoms with Gasteiger partial charge in [0.25, 0.3) is 0 Å². The maximum absolute atomic E-state index is 6.27. The lowest BCUT2D eigenvalue weighted by molar-refractivity contribution is -0.301. The Morgan fingerprint density at radius 1 is 1.22 bits per heavy atom. The quantitative estimate of drug-likeness (QED) is 0.846. The third kappa shape index (κ3) is 4.21. The molecule has 0 atom stereocenters. The molecule has 1 fully saturated rings. The molecule has 0 unspecified atom stereocenters. The normalized spacial score (nSPS) is 19.6. The predicted octanol–water partition coefficient (Wildman–Crippen LogP) is 3.59. The molecule has 0 aliphatic carbocycles. The van der Waals surface area contributed by atoms with E-state index in [1.807, 2.05) is 12.5 Å². The fourth-order valence-corrected chi connectivity index (χ4v) is 2.92. The number of benzene rings is 1. The number of hydrogen-bond acceptors (Lipinski definition) is 3. The van der Waals surface area contributed by atoms with Crippen LogP contribution in [0.2, 0.25) is 0 Å². The van der Waals surface area contributed by atoms with Crippen LogP contribution < -0.4 is 0 Å². The average Bonchev–Trinajstić information content (AvgIpc) is 3.02. The van der Waals surface area contributed by atoms with Crippen LogP contribution in [0.1, 0.15) is 31.4 Å². The van der Waals surface area contributed by atoms with Crippen LogP contribution in [0, 0.1) is 12.3 Å². The first-order chi connectivity index (χ1) is 11.0. The van der Waals surface area contributed by atoms with Crippen molar-refractivity contribution in [1.29, 1.82) is 0 Å². The number of rotatable bonds is 5. The molecule has 0 radical (unpaired) electrons. The zero-order valence-corrected chi connectivity index (χ0v) is 14.3. The van der Waals surface area contributed by atoms with Gasteiger partial charge in [-0.1, -0.05) is 43.7 Å². The molecule has 2 aromatic rings. The maximum atomic E-state index is 6.27. The van der Waals surface area contributed by atoms with E-state index in [1.54, 1.807) is 6.20 Å². The molecule has 0 N–H and O–H groups in total. The highest BCUT2D eigenvalue weighted by Gasteiger charge is 2.40. The van der Waals surface area contributed by atoms with Gasteiger partial charge >= 0.3 is 0 Å². The fraction of sp³-hybridized carbons (Fsp3) is 0.526. The first kappa shape index (κ1) is 16.2. The van der Waals surface area contributed by atoms with Gasteiger partial charge < -0.3 is 14.0 Å². The second-order valence-corrected chi connectivity index (χ2v) is 7.37. The minimum Gasteiger partial charge on any atom is -0.349 e. The SMILES string of the molecule is Cc1cccc(CC2(CCn3ccnc3)OCC(C)(C)CO2)c1. The lowest BCUT2D eigenvalue weighted by Gasteiger charge is -2.44. The van der Waals surface area contributed by atoms with E-state index in [4.69, 9.17) is 9.47 Å². The molecule has 124 valence electrons. The number of nitrogens with zero attached hydrogens (tertiary/aromatic N) is 2. The minimum absolute atomic E-state index is 0.0745. The molecule has 3 rings (SSSR count). The molecule has 1 aromatic heterocycles. The van der Waals surface area contributed by atoms with Crippen LogP contribution >= 0.6 is 0 Å². The van der Waals surface area contributed by atoms with Crippen molar-refractivity contribution in [2.24, 2.45) is 5.41 Å². The highest BCUT2D eigenvalue weighted by molar-refractivity contribution is 5.23. The third-order valence-corrected chi connectivity index (χ3v) is 4.32. The van der Waals surface area contributed by atoms with Gasteiger partial charge in [-0.15, -0.1) is 0 Å². The van der Waals surface area contributed by atoms with Crippen LogP contribution in [0.4, 0.5) is 0 Å². The Bertz CT molecular complexity index is 625. The first-order valence-electron chi connectivity index (χ1n) is 8.26. The summed E-state index contributed by atoms with van der Waals surface area (Å²) >= 11 is 0. The topological polar surface area (TPSA) is 36.3 Å². The molecule has 4 nitrogen and oxygen atoms in total. The molecular formula is C19H26N2O2. The van der Waals surface area contributed by atoms with E-state index < -0.39 is 5.79 Å². The Hall–Kier alpha value is -1.65. The van der Waals surface area contributed by atoms with Gasteiger partial charge in [-0.05, 0) is 12.5 Å². The van der Waals surface area contributed by atoms with Crippen LogP contribution in [0.15, 0.2) is 43.0 Å². The highest BCUT2D eigenvalue weighted by Crippen LogP contribution is 2.34. The summed E-state index contributed by atoms with van der Waals surface area (Å²) in [5.41, 5.74) is 2.60. The zero-order valence-electron chi connectivity index (χ0n) is 14.3. The molecule has 4 heteroatoms. The van der Waals surface area contributed by atoms with E-state index in [9.17, 15) is 0 Å². The largest absolute Gasteiger partial charge is 0.349 e. The molecule has 0 bridgehead atoms. The summed E-state index contributed by atoms with van der Waals surface area (Å²) < 4.78 is 14.6. The van der Waals surface area contributed by atoms with Crippen molar-refractivity contribution in [3.8, 4) is 0 Å². The molecular weight excluding hydrogens is 288 g/mol. The van der Waals surface area contributed by atoms with E-state index >= 15 is 0 Å². The van der Waals surface area contributed by atoms with E-state index in [-0.39, 0.29) is 5.41 Å². The summed E-state index contributed by atoms with van der Waals surface area (Å²) in [5.74, 6) is -0.548. The van der Waals surface area contributed by atoms with E-state index in [2.05, 4.69) is 54.6 Å². The Morgan fingerprint density at radius 2 is 2.00 bits per heavy atom. The first-order valence-corrected chi connectivity index (χ1v) is 8.26. The van der Waals surface area contributed by atoms with Crippen molar-refractivity contribution in [1.82, 2.24) is 9.55 Å². The fourth-order valence-electron chi connectivity index (χ4n) is 2.92. The summed E-state index contributed by atoms with van der Waals surface area (Å²) in [7, 11) is 0. The van der Waals surface area contributed by atoms with E-state index in [0.29, 0.717) is 0 Å². The van der Waals surface area contributed by atoms with Gasteiger partial charge in [0.15, 0.2) is 5.79 Å². The number of aryl methyl sites for hydroxylation is 2. The van der Waals surface area contributed by atoms with Crippen molar-refractivity contribution < 1.29 is 9.47 Å². The molecule has 1 saturated heterocycles. The van der Waals surface area contributed by atoms with Gasteiger partial charge in [0.2, 0.25) is 0 Å². The second-order valence-electron chi connectivity index (χ2n) is 7.37. The van der Waals surface area contributed by atoms with Crippen LogP contribution in [0.25, 0.3) is 0 Å². The van der Waals surface area contributed by atoms with Gasteiger partial charge in [0.05, 0.1) is 19.5 Å². The highest BCUT2D eigenvalue weighted by atomic mass is 16.7. The summed E-state index contributed by atoms with van der Waals surface area (Å²) in [6.07, 6.45) is 7.21. The molecule has 23 heavy (non-hydrogen) atoms. The van der Waals surface area contributed by atoms with Crippen LogP contribution in [-0.4, -0.2) is 28.6 Å². The van der Waals surface area contributed by atoms with E-state index in [1.165, 1.54) is 11.1 Å². The third-order valence-electron chi connectivity index (χ3n) is 4.32. The lowest BCUT2D eigenvalue weighted by Crippen LogP contribution is -2.49. The van der Waals surface area contributed by atoms with Crippen LogP contribution in [0.5, 0.6) is 0 Å². The Kier molecular flexibility index (Phi) is 4.55. The Balaban J connectivity index is 1.75. The molecule has 1 aromatic carbocycles. The van der Waals surface area contributed by atoms with E-state index in [0.717, 1.165) is 32.6 Å². The summed E-state index contributed by atoms with van der Waals surface area (Å²) in [6.45, 7) is 8.77. The van der Waals surface area contributed by atoms with Gasteiger partial charge in [0.1, 0.15) is 0 Å². The zero-order chi connectivity index (χ0) is 16.3. The monoisotopic (exact) mass is 314 g/mol. The standard InChI is InChI=1S/C19H26N2O2/c1-16-5-4-6-17(11-16)12-19(7-9-21-10-8-20-15-21)22-13-18(2,3)14-23-19/h4-6,8,10-11,15H,7,9,12-14H2,1-3H3. The molecule has 1 aliphatic heterocycles. The smallest absolute Gasteiger partial charge is 0.174 e. The van der Waals surface area contributed by atoms with Crippen molar-refractivity contribution in [3.05, 3.63) is 54.1 Å². The van der Waals surface area contributed by atoms with Crippen LogP contribution in [0.3, 0.4) is 0 Å². The van der Waals surface area contributed by atoms with Gasteiger partial charge in [-0.2, -0.15) is 0 Å². The Labute approximate surface area is 138 Å². The predicted molar refractivity (Wildman–Crippen MR) is 90.1 cm³/mol. The van der Waals surface area contributed by atoms with Gasteiger partial charge in [-0.3, -0.25) is 0 Å². The lowest BCUT2D eigenvalue weighted by atomic mass is 9.92. The molecule has 2 heterocycles. The van der Waals surface area contributed by atoms with Crippen molar-refractivity contribution in [2.75, 3.05) is 13.2 Å². The molecule has 1 aliphatic rings. The summed E-state index contributed by atoms with van der Waals surface area (Å²) in [5, 5.41) is 0. The van der Waals surface area contributed by atoms with Gasteiger partial charge in [0, 0.05) is 37.2 Å². The minimum atomic E-state index is -0.548. The summed E-state index contributed by atoms with van der Waals surface area (Å²) in [6, 6.07) is 8.58. The number of hydrogen-bond donors (Lipinski definition) is 0. The maximum Gasteiger partial charge on any atom is 0.174 e.